The van der Waals surface area contributed by atoms with Gasteiger partial charge in [0.25, 0.3) is 0 Å². The summed E-state index contributed by atoms with van der Waals surface area (Å²) in [6.07, 6.45) is 5.90. The van der Waals surface area contributed by atoms with Crippen molar-refractivity contribution in [3.8, 4) is 0 Å². The highest BCUT2D eigenvalue weighted by atomic mass is 16.3. The van der Waals surface area contributed by atoms with Crippen LogP contribution in [0.5, 0.6) is 0 Å². The van der Waals surface area contributed by atoms with E-state index in [0.717, 1.165) is 13.1 Å². The van der Waals surface area contributed by atoms with E-state index in [9.17, 15) is 5.11 Å². The number of hydrogen-bond acceptors (Lipinski definition) is 4. The Morgan fingerprint density at radius 3 is 2.88 bits per heavy atom. The van der Waals surface area contributed by atoms with Crippen molar-refractivity contribution >= 4 is 0 Å². The second-order valence-electron chi connectivity index (χ2n) is 4.63. The Balaban J connectivity index is 1.52. The van der Waals surface area contributed by atoms with E-state index in [1.165, 1.54) is 25.9 Å². The smallest absolute Gasteiger partial charge is 0.0860 e. The van der Waals surface area contributed by atoms with Gasteiger partial charge in [-0.2, -0.15) is 5.10 Å². The van der Waals surface area contributed by atoms with Gasteiger partial charge in [0, 0.05) is 32.0 Å². The van der Waals surface area contributed by atoms with E-state index in [1.54, 1.807) is 10.9 Å². The fourth-order valence-electron chi connectivity index (χ4n) is 2.20. The maximum absolute atomic E-state index is 9.78. The van der Waals surface area contributed by atoms with Crippen molar-refractivity contribution in [1.82, 2.24) is 20.0 Å². The third-order valence-electron chi connectivity index (χ3n) is 3.14. The SMILES string of the molecule is OC(CNCCN1CCCC1)Cn1cccn1. The maximum atomic E-state index is 9.78. The van der Waals surface area contributed by atoms with Gasteiger partial charge in [-0.3, -0.25) is 4.68 Å². The minimum absolute atomic E-state index is 0.367. The molecule has 0 aliphatic carbocycles. The van der Waals surface area contributed by atoms with E-state index in [2.05, 4.69) is 15.3 Å². The average molecular weight is 238 g/mol. The van der Waals surface area contributed by atoms with Crippen molar-refractivity contribution < 1.29 is 5.11 Å². The van der Waals surface area contributed by atoms with Crippen LogP contribution in [0.1, 0.15) is 12.8 Å². The molecular weight excluding hydrogens is 216 g/mol. The van der Waals surface area contributed by atoms with Crippen LogP contribution in [0.15, 0.2) is 18.5 Å². The summed E-state index contributed by atoms with van der Waals surface area (Å²) in [5, 5.41) is 17.1. The van der Waals surface area contributed by atoms with Crippen LogP contribution in [0, 0.1) is 0 Å². The maximum Gasteiger partial charge on any atom is 0.0860 e. The first-order valence-electron chi connectivity index (χ1n) is 6.43. The Kier molecular flexibility index (Phi) is 4.97. The summed E-state index contributed by atoms with van der Waals surface area (Å²) < 4.78 is 1.76. The molecule has 17 heavy (non-hydrogen) atoms. The number of aliphatic hydroxyl groups excluding tert-OH is 1. The summed E-state index contributed by atoms with van der Waals surface area (Å²) in [7, 11) is 0. The molecule has 0 saturated carbocycles. The van der Waals surface area contributed by atoms with Crippen molar-refractivity contribution in [2.45, 2.75) is 25.5 Å². The second-order valence-corrected chi connectivity index (χ2v) is 4.63. The van der Waals surface area contributed by atoms with Crippen molar-refractivity contribution in [1.29, 1.82) is 0 Å². The fraction of sp³-hybridized carbons (Fsp3) is 0.750. The van der Waals surface area contributed by atoms with Gasteiger partial charge in [-0.25, -0.2) is 0 Å². The lowest BCUT2D eigenvalue weighted by molar-refractivity contribution is 0.146. The van der Waals surface area contributed by atoms with Crippen molar-refractivity contribution in [2.24, 2.45) is 0 Å². The molecule has 5 heteroatoms. The Hall–Kier alpha value is -0.910. The molecule has 1 atom stereocenters. The third-order valence-corrected chi connectivity index (χ3v) is 3.14. The van der Waals surface area contributed by atoms with Gasteiger partial charge in [-0.15, -0.1) is 0 Å². The molecule has 0 radical (unpaired) electrons. The largest absolute Gasteiger partial charge is 0.390 e. The molecule has 96 valence electrons. The van der Waals surface area contributed by atoms with E-state index in [0.29, 0.717) is 13.1 Å². The number of nitrogens with one attached hydrogen (secondary N) is 1. The van der Waals surface area contributed by atoms with E-state index < -0.39 is 0 Å². The van der Waals surface area contributed by atoms with E-state index in [4.69, 9.17) is 0 Å². The standard InChI is InChI=1S/C12H22N4O/c17-12(11-16-8-3-4-14-16)10-13-5-9-15-6-1-2-7-15/h3-4,8,12-13,17H,1-2,5-7,9-11H2. The van der Waals surface area contributed by atoms with Crippen LogP contribution in [-0.2, 0) is 6.54 Å². The fourth-order valence-corrected chi connectivity index (χ4v) is 2.20. The summed E-state index contributed by atoms with van der Waals surface area (Å²) in [4.78, 5) is 2.47. The molecule has 1 aliphatic rings. The molecule has 2 N–H and O–H groups in total. The molecule has 1 aromatic rings. The van der Waals surface area contributed by atoms with E-state index in [-0.39, 0.29) is 6.10 Å². The molecule has 1 unspecified atom stereocenters. The Labute approximate surface area is 102 Å². The normalized spacial score (nSPS) is 18.6. The molecule has 1 saturated heterocycles. The highest BCUT2D eigenvalue weighted by Crippen LogP contribution is 2.05. The van der Waals surface area contributed by atoms with Gasteiger partial charge in [-0.05, 0) is 32.0 Å². The van der Waals surface area contributed by atoms with Gasteiger partial charge in [-0.1, -0.05) is 0 Å². The molecule has 1 aromatic heterocycles. The van der Waals surface area contributed by atoms with Crippen molar-refractivity contribution in [3.05, 3.63) is 18.5 Å². The summed E-state index contributed by atoms with van der Waals surface area (Å²) in [5.74, 6) is 0. The molecule has 0 spiro atoms. The highest BCUT2D eigenvalue weighted by Gasteiger charge is 2.10. The zero-order chi connectivity index (χ0) is 11.9. The summed E-state index contributed by atoms with van der Waals surface area (Å²) in [6.45, 7) is 5.71. The lowest BCUT2D eigenvalue weighted by Crippen LogP contribution is -2.35. The van der Waals surface area contributed by atoms with Crippen LogP contribution >= 0.6 is 0 Å². The number of rotatable bonds is 7. The molecule has 2 heterocycles. The van der Waals surface area contributed by atoms with Gasteiger partial charge in [0.2, 0.25) is 0 Å². The Morgan fingerprint density at radius 1 is 1.35 bits per heavy atom. The number of nitrogens with zero attached hydrogens (tertiary/aromatic N) is 3. The molecule has 0 amide bonds. The quantitative estimate of drug-likeness (QED) is 0.653. The van der Waals surface area contributed by atoms with E-state index >= 15 is 0 Å². The minimum atomic E-state index is -0.367. The molecule has 0 aromatic carbocycles. The van der Waals surface area contributed by atoms with Crippen molar-refractivity contribution in [2.75, 3.05) is 32.7 Å². The van der Waals surface area contributed by atoms with Crippen LogP contribution in [0.25, 0.3) is 0 Å². The molecule has 1 fully saturated rings. The Morgan fingerprint density at radius 2 is 2.18 bits per heavy atom. The number of aliphatic hydroxyl groups is 1. The predicted molar refractivity (Wildman–Crippen MR) is 66.8 cm³/mol. The summed E-state index contributed by atoms with van der Waals surface area (Å²) in [6, 6.07) is 1.87. The molecule has 2 rings (SSSR count). The first-order valence-corrected chi connectivity index (χ1v) is 6.43. The second kappa shape index (κ2) is 6.74. The lowest BCUT2D eigenvalue weighted by atomic mass is 10.3. The first-order chi connectivity index (χ1) is 8.34. The zero-order valence-corrected chi connectivity index (χ0v) is 10.3. The number of aromatic nitrogens is 2. The summed E-state index contributed by atoms with van der Waals surface area (Å²) >= 11 is 0. The van der Waals surface area contributed by atoms with Crippen LogP contribution < -0.4 is 5.32 Å². The first kappa shape index (κ1) is 12.5. The van der Waals surface area contributed by atoms with Gasteiger partial charge in [0.05, 0.1) is 12.6 Å². The molecule has 5 nitrogen and oxygen atoms in total. The lowest BCUT2D eigenvalue weighted by Gasteiger charge is -2.16. The van der Waals surface area contributed by atoms with Gasteiger partial charge in [0.15, 0.2) is 0 Å². The van der Waals surface area contributed by atoms with Crippen molar-refractivity contribution in [3.63, 3.8) is 0 Å². The molecule has 0 bridgehead atoms. The van der Waals surface area contributed by atoms with Gasteiger partial charge < -0.3 is 15.3 Å². The van der Waals surface area contributed by atoms with Gasteiger partial charge in [0.1, 0.15) is 0 Å². The third kappa shape index (κ3) is 4.46. The summed E-state index contributed by atoms with van der Waals surface area (Å²) in [5.41, 5.74) is 0. The predicted octanol–water partition coefficient (Wildman–Crippen LogP) is -0.0706. The zero-order valence-electron chi connectivity index (χ0n) is 10.3. The highest BCUT2D eigenvalue weighted by molar-refractivity contribution is 4.78. The minimum Gasteiger partial charge on any atom is -0.390 e. The number of likely N-dealkylation sites (tertiary alicyclic amines) is 1. The van der Waals surface area contributed by atoms with Crippen LogP contribution in [0.4, 0.5) is 0 Å². The number of hydrogen-bond donors (Lipinski definition) is 2. The van der Waals surface area contributed by atoms with Gasteiger partial charge >= 0.3 is 0 Å². The van der Waals surface area contributed by atoms with Crippen LogP contribution in [0.3, 0.4) is 0 Å². The average Bonchev–Trinajstić information content (AvgIpc) is 2.96. The molecular formula is C12H22N4O. The van der Waals surface area contributed by atoms with E-state index in [1.807, 2.05) is 12.3 Å². The topological polar surface area (TPSA) is 53.3 Å². The Bertz CT molecular complexity index is 295. The monoisotopic (exact) mass is 238 g/mol. The molecule has 1 aliphatic heterocycles. The van der Waals surface area contributed by atoms with Crippen LogP contribution in [0.2, 0.25) is 0 Å². The van der Waals surface area contributed by atoms with Crippen LogP contribution in [-0.4, -0.2) is 58.6 Å².